The van der Waals surface area contributed by atoms with Gasteiger partial charge in [-0.3, -0.25) is 9.59 Å². The van der Waals surface area contributed by atoms with Gasteiger partial charge in [0.25, 0.3) is 5.89 Å². The number of rotatable bonds is 8. The summed E-state index contributed by atoms with van der Waals surface area (Å²) in [6, 6.07) is 6.47. The van der Waals surface area contributed by atoms with Crippen molar-refractivity contribution < 1.29 is 37.5 Å². The summed E-state index contributed by atoms with van der Waals surface area (Å²) in [5, 5.41) is 14.5. The number of nitrogens with two attached hydrogens (primary N) is 1. The maximum atomic E-state index is 13.0. The van der Waals surface area contributed by atoms with E-state index in [9.17, 15) is 23.2 Å². The van der Waals surface area contributed by atoms with Crippen LogP contribution in [0.2, 0.25) is 0 Å². The molecule has 0 aliphatic carbocycles. The zero-order chi connectivity index (χ0) is 26.0. The number of Topliss-reactive ketones (excluding diaryl/α,β-unsaturated/α-hetero) is 1. The molecule has 2 amide bonds. The van der Waals surface area contributed by atoms with Gasteiger partial charge in [0.2, 0.25) is 23.4 Å². The number of aromatic nitrogens is 2. The van der Waals surface area contributed by atoms with Crippen molar-refractivity contribution in [2.75, 3.05) is 26.3 Å². The maximum absolute atomic E-state index is 13.0. The first kappa shape index (κ1) is 27.8. The highest BCUT2D eigenvalue weighted by atomic mass is 19.3. The van der Waals surface area contributed by atoms with Crippen LogP contribution >= 0.6 is 0 Å². The van der Waals surface area contributed by atoms with Crippen LogP contribution in [-0.4, -0.2) is 82.2 Å². The van der Waals surface area contributed by atoms with Crippen LogP contribution in [0.4, 0.5) is 13.6 Å². The number of nitrogens with zero attached hydrogens (tertiary/aromatic N) is 3. The Morgan fingerprint density at radius 2 is 1.86 bits per heavy atom. The van der Waals surface area contributed by atoms with Crippen LogP contribution < -0.4 is 11.1 Å². The van der Waals surface area contributed by atoms with E-state index < -0.39 is 42.2 Å². The van der Waals surface area contributed by atoms with Crippen LogP contribution in [0.15, 0.2) is 34.9 Å². The number of hydrogen-bond donors (Lipinski definition) is 3. The Morgan fingerprint density at radius 1 is 1.23 bits per heavy atom. The second-order valence-corrected chi connectivity index (χ2v) is 7.89. The van der Waals surface area contributed by atoms with E-state index in [2.05, 4.69) is 15.5 Å². The van der Waals surface area contributed by atoms with Crippen LogP contribution in [0.1, 0.15) is 37.4 Å². The second-order valence-electron chi connectivity index (χ2n) is 7.89. The Balaban J connectivity index is 0.000000402. The number of carbonyl (C=O) groups is 3. The molecule has 11 nitrogen and oxygen atoms in total. The Labute approximate surface area is 200 Å². The Kier molecular flexibility index (Phi) is 10.2. The van der Waals surface area contributed by atoms with Crippen molar-refractivity contribution in [3.8, 4) is 11.4 Å². The van der Waals surface area contributed by atoms with Crippen molar-refractivity contribution in [1.29, 1.82) is 0 Å². The minimum absolute atomic E-state index is 0.211. The number of ketones is 1. The molecule has 2 heterocycles. The number of morpholine rings is 1. The molecule has 1 aliphatic rings. The molecule has 3 rings (SSSR count). The lowest BCUT2D eigenvalue weighted by molar-refractivity contribution is -0.125. The molecule has 0 saturated carbocycles. The minimum atomic E-state index is -3.08. The molecule has 2 aromatic rings. The van der Waals surface area contributed by atoms with Crippen LogP contribution in [0.25, 0.3) is 11.4 Å². The topological polar surface area (TPSA) is 161 Å². The van der Waals surface area contributed by atoms with Crippen molar-refractivity contribution in [2.24, 2.45) is 5.73 Å². The summed E-state index contributed by atoms with van der Waals surface area (Å²) in [4.78, 5) is 40.0. The first-order chi connectivity index (χ1) is 16.5. The lowest BCUT2D eigenvalue weighted by Gasteiger charge is -2.23. The number of benzene rings is 1. The van der Waals surface area contributed by atoms with Gasteiger partial charge in [-0.2, -0.15) is 4.98 Å². The fraction of sp³-hybridized carbons (Fsp3) is 0.500. The van der Waals surface area contributed by atoms with E-state index in [1.165, 1.54) is 4.90 Å². The molecule has 4 N–H and O–H groups in total. The molecule has 13 heteroatoms. The normalized spacial score (nSPS) is 15.4. The monoisotopic (exact) mass is 497 g/mol. The van der Waals surface area contributed by atoms with Crippen molar-refractivity contribution >= 4 is 17.8 Å². The van der Waals surface area contributed by atoms with Gasteiger partial charge in [-0.05, 0) is 13.3 Å². The predicted molar refractivity (Wildman–Crippen MR) is 120 cm³/mol. The van der Waals surface area contributed by atoms with Crippen molar-refractivity contribution in [3.63, 3.8) is 0 Å². The number of amides is 2. The Morgan fingerprint density at radius 3 is 2.37 bits per heavy atom. The van der Waals surface area contributed by atoms with Crippen molar-refractivity contribution in [3.05, 3.63) is 36.2 Å². The van der Waals surface area contributed by atoms with Gasteiger partial charge in [-0.1, -0.05) is 42.4 Å². The lowest BCUT2D eigenvalue weighted by atomic mass is 10.1. The van der Waals surface area contributed by atoms with E-state index in [4.69, 9.17) is 20.1 Å². The molecule has 192 valence electrons. The molecule has 1 saturated heterocycles. The number of carbonyl (C=O) groups excluding carboxylic acids is 2. The van der Waals surface area contributed by atoms with Gasteiger partial charge in [0, 0.05) is 25.1 Å². The minimum Gasteiger partial charge on any atom is -0.465 e. The zero-order valence-electron chi connectivity index (χ0n) is 19.4. The quantitative estimate of drug-likeness (QED) is 0.464. The number of ether oxygens (including phenoxy) is 1. The average molecular weight is 497 g/mol. The number of nitrogens with one attached hydrogen (secondary N) is 1. The third-order valence-electron chi connectivity index (χ3n) is 4.91. The fourth-order valence-corrected chi connectivity index (χ4v) is 3.04. The van der Waals surface area contributed by atoms with Gasteiger partial charge >= 0.3 is 6.09 Å². The van der Waals surface area contributed by atoms with Crippen LogP contribution in [0.3, 0.4) is 0 Å². The smallest absolute Gasteiger partial charge is 0.407 e. The molecule has 0 radical (unpaired) electrons. The molecule has 0 unspecified atom stereocenters. The van der Waals surface area contributed by atoms with Crippen molar-refractivity contribution in [1.82, 2.24) is 20.4 Å². The first-order valence-electron chi connectivity index (χ1n) is 10.9. The standard InChI is InChI=1S/C17H20F2N4O3.C5H9NO3/c1-3-12(21-15(25)11(20)9-17(2,18)19)13(24)16-22-14(23-26-16)10-7-5-4-6-8-10;7-5(8)6-1-3-9-4-2-6/h4-8,11-12H,3,9,20H2,1-2H3,(H,21,25);1-4H2,(H,7,8)/t11-,12-;/m0./s1. The highest BCUT2D eigenvalue weighted by Gasteiger charge is 2.32. The second kappa shape index (κ2) is 12.9. The number of alkyl halides is 2. The van der Waals surface area contributed by atoms with Gasteiger partial charge in [-0.25, -0.2) is 13.6 Å². The molecular formula is C22H29F2N5O6. The van der Waals surface area contributed by atoms with Gasteiger partial charge in [-0.15, -0.1) is 0 Å². The summed E-state index contributed by atoms with van der Waals surface area (Å²) in [7, 11) is 0. The summed E-state index contributed by atoms with van der Waals surface area (Å²) >= 11 is 0. The van der Waals surface area contributed by atoms with Crippen LogP contribution in [0.5, 0.6) is 0 Å². The summed E-state index contributed by atoms with van der Waals surface area (Å²) in [5.74, 6) is -4.57. The van der Waals surface area contributed by atoms with E-state index >= 15 is 0 Å². The Bertz CT molecular complexity index is 976. The van der Waals surface area contributed by atoms with E-state index in [0.29, 0.717) is 38.8 Å². The molecule has 0 spiro atoms. The maximum Gasteiger partial charge on any atom is 0.407 e. The molecule has 1 aromatic heterocycles. The molecular weight excluding hydrogens is 468 g/mol. The largest absolute Gasteiger partial charge is 0.465 e. The summed E-state index contributed by atoms with van der Waals surface area (Å²) in [5.41, 5.74) is 6.14. The fourth-order valence-electron chi connectivity index (χ4n) is 3.04. The van der Waals surface area contributed by atoms with E-state index in [-0.39, 0.29) is 18.1 Å². The Hall–Kier alpha value is -3.45. The average Bonchev–Trinajstić information content (AvgIpc) is 3.33. The summed E-state index contributed by atoms with van der Waals surface area (Å²) < 4.78 is 35.9. The number of hydrogen-bond acceptors (Lipinski definition) is 8. The van der Waals surface area contributed by atoms with Gasteiger partial charge in [0.1, 0.15) is 0 Å². The van der Waals surface area contributed by atoms with E-state index in [1.807, 2.05) is 6.07 Å². The van der Waals surface area contributed by atoms with Gasteiger partial charge in [0.05, 0.1) is 25.3 Å². The van der Waals surface area contributed by atoms with Gasteiger partial charge in [0.15, 0.2) is 0 Å². The third-order valence-corrected chi connectivity index (χ3v) is 4.91. The molecule has 1 aliphatic heterocycles. The lowest BCUT2D eigenvalue weighted by Crippen LogP contribution is -2.49. The zero-order valence-corrected chi connectivity index (χ0v) is 19.4. The molecule has 35 heavy (non-hydrogen) atoms. The van der Waals surface area contributed by atoms with Crippen molar-refractivity contribution in [2.45, 2.75) is 44.7 Å². The highest BCUT2D eigenvalue weighted by molar-refractivity contribution is 5.99. The summed E-state index contributed by atoms with van der Waals surface area (Å²) in [6.45, 7) is 4.41. The third kappa shape index (κ3) is 9.02. The first-order valence-corrected chi connectivity index (χ1v) is 10.9. The molecule has 0 bridgehead atoms. The molecule has 1 fully saturated rings. The molecule has 2 atom stereocenters. The van der Waals surface area contributed by atoms with E-state index in [0.717, 1.165) is 0 Å². The SMILES string of the molecule is CC[C@H](NC(=O)[C@@H](N)CC(C)(F)F)C(=O)c1nc(-c2ccccc2)no1.O=C(O)N1CCOCC1. The summed E-state index contributed by atoms with van der Waals surface area (Å²) in [6.07, 6.45) is -1.45. The predicted octanol–water partition coefficient (Wildman–Crippen LogP) is 2.18. The van der Waals surface area contributed by atoms with Gasteiger partial charge < -0.3 is 30.3 Å². The van der Waals surface area contributed by atoms with E-state index in [1.54, 1.807) is 31.2 Å². The van der Waals surface area contributed by atoms with Crippen LogP contribution in [-0.2, 0) is 9.53 Å². The molecule has 1 aromatic carbocycles. The number of carboxylic acid groups (broad SMARTS) is 1. The van der Waals surface area contributed by atoms with Crippen LogP contribution in [0, 0.1) is 0 Å². The highest BCUT2D eigenvalue weighted by Crippen LogP contribution is 2.19. The number of halogens is 2.